The molecule has 2 amide bonds. The zero-order chi connectivity index (χ0) is 9.68. The van der Waals surface area contributed by atoms with Gasteiger partial charge in [0.15, 0.2) is 0 Å². The summed E-state index contributed by atoms with van der Waals surface area (Å²) in [5.41, 5.74) is 2.42. The zero-order valence-corrected chi connectivity index (χ0v) is 12.0. The van der Waals surface area contributed by atoms with E-state index < -0.39 is 11.8 Å². The minimum Gasteiger partial charge on any atom is -0.358 e. The number of halogens is 1. The van der Waals surface area contributed by atoms with Crippen molar-refractivity contribution in [1.82, 2.24) is 5.48 Å². The Balaban J connectivity index is 0. The molecule has 4 nitrogen and oxygen atoms in total. The van der Waals surface area contributed by atoms with Crippen molar-refractivity contribution in [3.8, 4) is 0 Å². The summed E-state index contributed by atoms with van der Waals surface area (Å²) in [6.07, 6.45) is 0. The van der Waals surface area contributed by atoms with Crippen molar-refractivity contribution in [1.29, 1.82) is 0 Å². The molecule has 0 saturated heterocycles. The van der Waals surface area contributed by atoms with Crippen LogP contribution in [0.15, 0.2) is 18.2 Å². The number of urea groups is 1. The molecule has 0 aliphatic rings. The predicted molar refractivity (Wildman–Crippen MR) is 50.8 cm³/mol. The van der Waals surface area contributed by atoms with Gasteiger partial charge >= 0.3 is 57.4 Å². The van der Waals surface area contributed by atoms with Crippen LogP contribution in [0.3, 0.4) is 0 Å². The molecule has 0 heterocycles. The first-order chi connectivity index (χ1) is 6.22. The maximum Gasteiger partial charge on any atom is 1.00 e. The van der Waals surface area contributed by atoms with E-state index in [0.717, 1.165) is 6.07 Å². The summed E-state index contributed by atoms with van der Waals surface area (Å²) in [6, 6.07) is 5.73. The van der Waals surface area contributed by atoms with Crippen LogP contribution in [0.5, 0.6) is 0 Å². The number of anilines is 1. The Labute approximate surface area is 131 Å². The second-order valence-electron chi connectivity index (χ2n) is 2.18. The van der Waals surface area contributed by atoms with Crippen molar-refractivity contribution in [3.05, 3.63) is 37.5 Å². The van der Waals surface area contributed by atoms with Crippen molar-refractivity contribution in [2.24, 2.45) is 0 Å². The molecule has 0 atom stereocenters. The van der Waals surface area contributed by atoms with Crippen molar-refractivity contribution < 1.29 is 65.4 Å². The molecule has 0 aliphatic heterocycles. The van der Waals surface area contributed by atoms with Gasteiger partial charge in [-0.3, -0.25) is 9.23 Å². The molecule has 2 N–H and O–H groups in total. The number of benzene rings is 1. The van der Waals surface area contributed by atoms with Gasteiger partial charge in [-0.15, -0.1) is 18.2 Å². The maximum atomic E-state index is 12.4. The van der Waals surface area contributed by atoms with Gasteiger partial charge in [-0.05, 0) is 0 Å². The van der Waals surface area contributed by atoms with Crippen LogP contribution in [0.2, 0.25) is 0 Å². The average Bonchev–Trinajstić information content (AvgIpc) is 2.09. The van der Waals surface area contributed by atoms with E-state index in [-0.39, 0.29) is 58.8 Å². The summed E-state index contributed by atoms with van der Waals surface area (Å²) in [6.45, 7) is 0. The third-order valence-electron chi connectivity index (χ3n) is 1.22. The van der Waals surface area contributed by atoms with Crippen molar-refractivity contribution in [3.63, 3.8) is 0 Å². The maximum absolute atomic E-state index is 12.4. The Hall–Kier alpha value is 0.0164. The van der Waals surface area contributed by atoms with Gasteiger partial charge in [0.1, 0.15) is 0 Å². The molecule has 78 valence electrons. The Morgan fingerprint density at radius 3 is 2.67 bits per heavy atom. The standard InChI is InChI=1S/C8H8FN2O2.CH3.K/c1-13-11-8(12)10-7-4-2-6(9)3-5-7;;/h2-4H,1H3,(H2,10,11,12);1H3;/q2*-1;+1. The van der Waals surface area contributed by atoms with E-state index in [1.165, 1.54) is 19.2 Å². The van der Waals surface area contributed by atoms with Crippen LogP contribution >= 0.6 is 0 Å². The molecule has 6 heteroatoms. The average molecular weight is 237 g/mol. The number of carbonyl (C=O) groups is 1. The summed E-state index contributed by atoms with van der Waals surface area (Å²) in [5, 5.41) is 2.37. The number of carbonyl (C=O) groups excluding carboxylic acids is 1. The molecule has 0 fully saturated rings. The van der Waals surface area contributed by atoms with E-state index in [4.69, 9.17) is 0 Å². The van der Waals surface area contributed by atoms with Crippen LogP contribution in [0.1, 0.15) is 0 Å². The molecule has 0 bridgehead atoms. The fraction of sp³-hybridized carbons (Fsp3) is 0.111. The molecule has 15 heavy (non-hydrogen) atoms. The van der Waals surface area contributed by atoms with E-state index in [1.54, 1.807) is 0 Å². The van der Waals surface area contributed by atoms with E-state index in [0.29, 0.717) is 5.69 Å². The number of hydroxylamine groups is 1. The molecule has 0 unspecified atom stereocenters. The molecule has 0 aromatic heterocycles. The van der Waals surface area contributed by atoms with E-state index >= 15 is 0 Å². The van der Waals surface area contributed by atoms with Gasteiger partial charge in [0.25, 0.3) is 0 Å². The summed E-state index contributed by atoms with van der Waals surface area (Å²) in [5.74, 6) is -0.405. The molecular weight excluding hydrogens is 226 g/mol. The molecule has 0 saturated carbocycles. The first-order valence-electron chi connectivity index (χ1n) is 3.49. The second-order valence-corrected chi connectivity index (χ2v) is 2.18. The Morgan fingerprint density at radius 1 is 1.53 bits per heavy atom. The Kier molecular flexibility index (Phi) is 10.7. The van der Waals surface area contributed by atoms with Crippen LogP contribution in [0, 0.1) is 19.3 Å². The van der Waals surface area contributed by atoms with Crippen LogP contribution in [-0.4, -0.2) is 13.1 Å². The first kappa shape index (κ1) is 17.4. The summed E-state index contributed by atoms with van der Waals surface area (Å²) in [7, 11) is 1.31. The van der Waals surface area contributed by atoms with Gasteiger partial charge in [-0.1, -0.05) is 5.69 Å². The van der Waals surface area contributed by atoms with Crippen LogP contribution < -0.4 is 62.2 Å². The predicted octanol–water partition coefficient (Wildman–Crippen LogP) is -1.24. The summed E-state index contributed by atoms with van der Waals surface area (Å²) in [4.78, 5) is 15.2. The first-order valence-corrected chi connectivity index (χ1v) is 3.49. The van der Waals surface area contributed by atoms with Gasteiger partial charge in [-0.25, -0.2) is 10.3 Å². The SMILES string of the molecule is CONC(=O)Nc1[c-]cc(F)cc1.[CH3-].[K+]. The number of amides is 2. The number of nitrogens with one attached hydrogen (secondary N) is 2. The summed E-state index contributed by atoms with van der Waals surface area (Å²) < 4.78 is 12.4. The fourth-order valence-electron chi connectivity index (χ4n) is 0.724. The Bertz CT molecular complexity index is 293. The fourth-order valence-corrected chi connectivity index (χ4v) is 0.724. The summed E-state index contributed by atoms with van der Waals surface area (Å²) >= 11 is 0. The molecule has 1 rings (SSSR count). The minimum absolute atomic E-state index is 0. The van der Waals surface area contributed by atoms with E-state index in [1.807, 2.05) is 5.48 Å². The zero-order valence-electron chi connectivity index (χ0n) is 8.93. The van der Waals surface area contributed by atoms with Gasteiger partial charge in [0.2, 0.25) is 0 Å². The topological polar surface area (TPSA) is 50.4 Å². The van der Waals surface area contributed by atoms with Gasteiger partial charge in [0, 0.05) is 5.82 Å². The second kappa shape index (κ2) is 9.26. The molecule has 0 spiro atoms. The quantitative estimate of drug-likeness (QED) is 0.384. The monoisotopic (exact) mass is 237 g/mol. The van der Waals surface area contributed by atoms with Crippen molar-refractivity contribution in [2.75, 3.05) is 12.4 Å². The molecular formula is C9H11FKN2O2-. The van der Waals surface area contributed by atoms with Gasteiger partial charge in [-0.2, -0.15) is 6.07 Å². The third-order valence-corrected chi connectivity index (χ3v) is 1.22. The van der Waals surface area contributed by atoms with Gasteiger partial charge in [0.05, 0.1) is 7.11 Å². The molecule has 1 aromatic carbocycles. The van der Waals surface area contributed by atoms with Gasteiger partial charge < -0.3 is 12.7 Å². The molecule has 1 aromatic rings. The minimum atomic E-state index is -0.537. The van der Waals surface area contributed by atoms with Crippen LogP contribution in [0.4, 0.5) is 14.9 Å². The molecule has 0 aliphatic carbocycles. The number of hydrogen-bond donors (Lipinski definition) is 2. The van der Waals surface area contributed by atoms with Crippen LogP contribution in [-0.2, 0) is 4.84 Å². The molecule has 0 radical (unpaired) electrons. The van der Waals surface area contributed by atoms with E-state index in [2.05, 4.69) is 16.2 Å². The normalized spacial score (nSPS) is 8.13. The third kappa shape index (κ3) is 6.99. The number of rotatable bonds is 2. The largest absolute Gasteiger partial charge is 1.00 e. The smallest absolute Gasteiger partial charge is 0.358 e. The Morgan fingerprint density at radius 2 is 2.20 bits per heavy atom. The van der Waals surface area contributed by atoms with Crippen LogP contribution in [0.25, 0.3) is 0 Å². The van der Waals surface area contributed by atoms with Crippen molar-refractivity contribution in [2.45, 2.75) is 0 Å². The van der Waals surface area contributed by atoms with E-state index in [9.17, 15) is 9.18 Å². The number of hydrogen-bond acceptors (Lipinski definition) is 2. The van der Waals surface area contributed by atoms with Crippen molar-refractivity contribution >= 4 is 11.7 Å².